The third kappa shape index (κ3) is 4.85. The average Bonchev–Trinajstić information content (AvgIpc) is 2.26. The van der Waals surface area contributed by atoms with E-state index >= 15 is 0 Å². The number of nitrogens with zero attached hydrogens (tertiary/aromatic N) is 3. The molecular weight excluding hydrogens is 214 g/mol. The van der Waals surface area contributed by atoms with Crippen LogP contribution in [0.1, 0.15) is 20.8 Å². The van der Waals surface area contributed by atoms with Crippen LogP contribution in [-0.4, -0.2) is 30.2 Å². The predicted octanol–water partition coefficient (Wildman–Crippen LogP) is 2.52. The van der Waals surface area contributed by atoms with Crippen molar-refractivity contribution in [2.24, 2.45) is 5.92 Å². The number of aromatic nitrogens is 2. The Hall–Kier alpha value is -1.58. The molecule has 94 valence electrons. The number of likely N-dealkylation sites (N-methyl/N-ethyl adjacent to an activating group) is 1. The fourth-order valence-corrected chi connectivity index (χ4v) is 1.33. The van der Waals surface area contributed by atoms with Gasteiger partial charge in [0, 0.05) is 13.6 Å². The predicted molar refractivity (Wildman–Crippen MR) is 70.4 cm³/mol. The Kier molecular flexibility index (Phi) is 4.94. The van der Waals surface area contributed by atoms with Gasteiger partial charge >= 0.3 is 0 Å². The molecule has 0 aliphatic carbocycles. The molecule has 4 heteroatoms. The quantitative estimate of drug-likeness (QED) is 0.710. The Labute approximate surface area is 103 Å². The molecule has 0 amide bonds. The van der Waals surface area contributed by atoms with Gasteiger partial charge in [-0.3, -0.25) is 4.98 Å². The highest BCUT2D eigenvalue weighted by atomic mass is 16.5. The van der Waals surface area contributed by atoms with Gasteiger partial charge in [0.15, 0.2) is 5.82 Å². The van der Waals surface area contributed by atoms with Crippen LogP contribution in [0.15, 0.2) is 24.5 Å². The van der Waals surface area contributed by atoms with E-state index in [0.717, 1.165) is 17.9 Å². The van der Waals surface area contributed by atoms with Crippen molar-refractivity contribution >= 4 is 5.82 Å². The number of rotatable bonds is 6. The van der Waals surface area contributed by atoms with Gasteiger partial charge in [0.25, 0.3) is 0 Å². The maximum atomic E-state index is 5.54. The monoisotopic (exact) mass is 235 g/mol. The molecule has 1 aromatic rings. The normalized spacial score (nSPS) is 10.4. The zero-order valence-electron chi connectivity index (χ0n) is 11.1. The topological polar surface area (TPSA) is 38.2 Å². The zero-order chi connectivity index (χ0) is 12.8. The molecule has 0 N–H and O–H groups in total. The van der Waals surface area contributed by atoms with Gasteiger partial charge in [0.05, 0.1) is 19.0 Å². The molecule has 1 heterocycles. The molecule has 0 saturated heterocycles. The summed E-state index contributed by atoms with van der Waals surface area (Å²) in [6.45, 7) is 11.5. The summed E-state index contributed by atoms with van der Waals surface area (Å²) in [7, 11) is 1.96. The Bertz CT molecular complexity index is 377. The molecule has 0 unspecified atom stereocenters. The first-order valence-corrected chi connectivity index (χ1v) is 5.79. The zero-order valence-corrected chi connectivity index (χ0v) is 11.1. The van der Waals surface area contributed by atoms with Crippen molar-refractivity contribution in [1.82, 2.24) is 9.97 Å². The Balaban J connectivity index is 2.67. The van der Waals surface area contributed by atoms with E-state index in [1.807, 2.05) is 18.9 Å². The minimum absolute atomic E-state index is 0.480. The lowest BCUT2D eigenvalue weighted by Crippen LogP contribution is -2.20. The largest absolute Gasteiger partial charge is 0.476 e. The van der Waals surface area contributed by atoms with E-state index in [0.29, 0.717) is 18.4 Å². The van der Waals surface area contributed by atoms with E-state index in [1.54, 1.807) is 12.4 Å². The van der Waals surface area contributed by atoms with Crippen LogP contribution in [0.2, 0.25) is 0 Å². The fraction of sp³-hybridized carbons (Fsp3) is 0.538. The van der Waals surface area contributed by atoms with Gasteiger partial charge in [-0.1, -0.05) is 26.0 Å². The van der Waals surface area contributed by atoms with Crippen LogP contribution in [0.3, 0.4) is 0 Å². The van der Waals surface area contributed by atoms with Crippen LogP contribution < -0.4 is 9.64 Å². The SMILES string of the molecule is C=C(C)CN(C)c1cncc(OCC(C)C)n1. The third-order valence-electron chi connectivity index (χ3n) is 2.06. The van der Waals surface area contributed by atoms with Gasteiger partial charge < -0.3 is 9.64 Å². The summed E-state index contributed by atoms with van der Waals surface area (Å²) >= 11 is 0. The van der Waals surface area contributed by atoms with Crippen LogP contribution >= 0.6 is 0 Å². The van der Waals surface area contributed by atoms with E-state index in [9.17, 15) is 0 Å². The van der Waals surface area contributed by atoms with Crippen molar-refractivity contribution in [3.8, 4) is 5.88 Å². The van der Waals surface area contributed by atoms with Crippen molar-refractivity contribution in [3.63, 3.8) is 0 Å². The second kappa shape index (κ2) is 6.23. The fourth-order valence-electron chi connectivity index (χ4n) is 1.33. The van der Waals surface area contributed by atoms with E-state index in [-0.39, 0.29) is 0 Å². The summed E-state index contributed by atoms with van der Waals surface area (Å²) < 4.78 is 5.54. The van der Waals surface area contributed by atoms with Crippen LogP contribution in [0.4, 0.5) is 5.82 Å². The number of anilines is 1. The van der Waals surface area contributed by atoms with E-state index < -0.39 is 0 Å². The van der Waals surface area contributed by atoms with E-state index in [1.165, 1.54) is 0 Å². The van der Waals surface area contributed by atoms with Crippen molar-refractivity contribution in [1.29, 1.82) is 0 Å². The van der Waals surface area contributed by atoms with E-state index in [2.05, 4.69) is 30.4 Å². The number of hydrogen-bond acceptors (Lipinski definition) is 4. The van der Waals surface area contributed by atoms with Gasteiger partial charge in [0.1, 0.15) is 0 Å². The third-order valence-corrected chi connectivity index (χ3v) is 2.06. The summed E-state index contributed by atoms with van der Waals surface area (Å²) in [6.07, 6.45) is 3.37. The molecule has 4 nitrogen and oxygen atoms in total. The first kappa shape index (κ1) is 13.5. The maximum Gasteiger partial charge on any atom is 0.234 e. The molecule has 0 bridgehead atoms. The Morgan fingerprint density at radius 2 is 2.18 bits per heavy atom. The van der Waals surface area contributed by atoms with Gasteiger partial charge in [0.2, 0.25) is 5.88 Å². The van der Waals surface area contributed by atoms with Crippen molar-refractivity contribution in [3.05, 3.63) is 24.5 Å². The molecule has 0 saturated carbocycles. The van der Waals surface area contributed by atoms with Gasteiger partial charge in [-0.2, -0.15) is 4.98 Å². The summed E-state index contributed by atoms with van der Waals surface area (Å²) in [6, 6.07) is 0. The van der Waals surface area contributed by atoms with Crippen molar-refractivity contribution in [2.45, 2.75) is 20.8 Å². The number of hydrogen-bond donors (Lipinski definition) is 0. The average molecular weight is 235 g/mol. The highest BCUT2D eigenvalue weighted by Crippen LogP contribution is 2.14. The lowest BCUT2D eigenvalue weighted by Gasteiger charge is -2.18. The van der Waals surface area contributed by atoms with E-state index in [4.69, 9.17) is 4.74 Å². The lowest BCUT2D eigenvalue weighted by atomic mass is 10.2. The van der Waals surface area contributed by atoms with Gasteiger partial charge in [-0.15, -0.1) is 0 Å². The second-order valence-electron chi connectivity index (χ2n) is 4.73. The number of ether oxygens (including phenoxy) is 1. The standard InChI is InChI=1S/C13H21N3O/c1-10(2)8-16(5)12-6-14-7-13(15-12)17-9-11(3)4/h6-7,11H,1,8-9H2,2-5H3. The van der Waals surface area contributed by atoms with Crippen LogP contribution in [0.5, 0.6) is 5.88 Å². The van der Waals surface area contributed by atoms with Gasteiger partial charge in [-0.25, -0.2) is 0 Å². The van der Waals surface area contributed by atoms with Crippen molar-refractivity contribution < 1.29 is 4.74 Å². The molecule has 0 aliphatic heterocycles. The lowest BCUT2D eigenvalue weighted by molar-refractivity contribution is 0.260. The van der Waals surface area contributed by atoms with Crippen LogP contribution in [-0.2, 0) is 0 Å². The molecule has 0 radical (unpaired) electrons. The molecule has 1 aromatic heterocycles. The maximum absolute atomic E-state index is 5.54. The first-order valence-electron chi connectivity index (χ1n) is 5.79. The Morgan fingerprint density at radius 3 is 2.76 bits per heavy atom. The molecule has 0 aliphatic rings. The minimum atomic E-state index is 0.480. The van der Waals surface area contributed by atoms with Crippen LogP contribution in [0, 0.1) is 5.92 Å². The summed E-state index contributed by atoms with van der Waals surface area (Å²) in [4.78, 5) is 10.5. The minimum Gasteiger partial charge on any atom is -0.476 e. The second-order valence-corrected chi connectivity index (χ2v) is 4.73. The summed E-state index contributed by atoms with van der Waals surface area (Å²) in [5.41, 5.74) is 1.09. The summed E-state index contributed by atoms with van der Waals surface area (Å²) in [5, 5.41) is 0. The molecule has 0 fully saturated rings. The van der Waals surface area contributed by atoms with Gasteiger partial charge in [-0.05, 0) is 12.8 Å². The molecule has 17 heavy (non-hydrogen) atoms. The van der Waals surface area contributed by atoms with Crippen LogP contribution in [0.25, 0.3) is 0 Å². The summed E-state index contributed by atoms with van der Waals surface area (Å²) in [5.74, 6) is 1.85. The molecule has 0 aromatic carbocycles. The molecular formula is C13H21N3O. The molecule has 0 spiro atoms. The molecule has 1 rings (SSSR count). The first-order chi connectivity index (χ1) is 7.99. The smallest absolute Gasteiger partial charge is 0.234 e. The van der Waals surface area contributed by atoms with Crippen molar-refractivity contribution in [2.75, 3.05) is 25.1 Å². The highest BCUT2D eigenvalue weighted by Gasteiger charge is 2.05. The highest BCUT2D eigenvalue weighted by molar-refractivity contribution is 5.37. The Morgan fingerprint density at radius 1 is 1.47 bits per heavy atom. The molecule has 0 atom stereocenters.